The minimum absolute atomic E-state index is 0.336. The molecular weight excluding hydrogens is 635 g/mol. The van der Waals surface area contributed by atoms with E-state index in [1.165, 1.54) is 44.1 Å². The van der Waals surface area contributed by atoms with Crippen molar-refractivity contribution in [1.82, 2.24) is 19.9 Å². The standard InChI is InChI=1S/C47H37N5/c48-29-30-8-10-35(11-9-30)42-24-38(16-19-41(42)34-5-2-1-3-6-34)45-50-44(51-46(52-45)39-13-12-36-7-4-20-49-43(36)25-39)37-14-17-40(18-15-37)47-26-31-21-32(27-47)23-33(22-31)28-47/h1-20,24-25,31-33H,21-23,26-28H2. The number of hydrogen-bond donors (Lipinski definition) is 0. The van der Waals surface area contributed by atoms with E-state index in [0.717, 1.165) is 67.6 Å². The number of aromatic nitrogens is 4. The Bertz CT molecular complexity index is 2460. The molecule has 0 radical (unpaired) electrons. The monoisotopic (exact) mass is 671 g/mol. The fraction of sp³-hybridized carbons (Fsp3) is 0.213. The molecule has 5 nitrogen and oxygen atoms in total. The van der Waals surface area contributed by atoms with E-state index in [4.69, 9.17) is 15.0 Å². The largest absolute Gasteiger partial charge is 0.256 e. The molecule has 11 rings (SSSR count). The first-order valence-electron chi connectivity index (χ1n) is 18.5. The highest BCUT2D eigenvalue weighted by Crippen LogP contribution is 2.60. The van der Waals surface area contributed by atoms with Crippen molar-refractivity contribution in [3.05, 3.63) is 145 Å². The highest BCUT2D eigenvalue weighted by Gasteiger charge is 2.51. The van der Waals surface area contributed by atoms with Crippen LogP contribution in [-0.2, 0) is 5.41 Å². The lowest BCUT2D eigenvalue weighted by atomic mass is 9.48. The predicted molar refractivity (Wildman–Crippen MR) is 207 cm³/mol. The van der Waals surface area contributed by atoms with Crippen molar-refractivity contribution in [2.45, 2.75) is 43.9 Å². The molecule has 0 unspecified atom stereocenters. The van der Waals surface area contributed by atoms with E-state index in [9.17, 15) is 5.26 Å². The van der Waals surface area contributed by atoms with Crippen LogP contribution in [0.2, 0.25) is 0 Å². The maximum absolute atomic E-state index is 9.48. The van der Waals surface area contributed by atoms with E-state index in [-0.39, 0.29) is 0 Å². The molecule has 2 aromatic heterocycles. The van der Waals surface area contributed by atoms with Crippen molar-refractivity contribution >= 4 is 10.9 Å². The third-order valence-electron chi connectivity index (χ3n) is 12.0. The molecule has 7 aromatic rings. The van der Waals surface area contributed by atoms with Crippen molar-refractivity contribution in [1.29, 1.82) is 5.26 Å². The van der Waals surface area contributed by atoms with Crippen LogP contribution in [0.3, 0.4) is 0 Å². The average molecular weight is 672 g/mol. The molecule has 4 bridgehead atoms. The van der Waals surface area contributed by atoms with E-state index >= 15 is 0 Å². The first-order chi connectivity index (χ1) is 25.6. The Morgan fingerprint density at radius 2 is 1.10 bits per heavy atom. The first-order valence-corrected chi connectivity index (χ1v) is 18.5. The number of nitrogens with zero attached hydrogens (tertiary/aromatic N) is 5. The lowest BCUT2D eigenvalue weighted by molar-refractivity contribution is -0.00518. The summed E-state index contributed by atoms with van der Waals surface area (Å²) in [6.45, 7) is 0. The van der Waals surface area contributed by atoms with E-state index in [1.54, 1.807) is 0 Å². The van der Waals surface area contributed by atoms with E-state index in [1.807, 2.05) is 42.6 Å². The summed E-state index contributed by atoms with van der Waals surface area (Å²) < 4.78 is 0. The number of fused-ring (bicyclic) bond motifs is 1. The zero-order valence-corrected chi connectivity index (χ0v) is 28.9. The van der Waals surface area contributed by atoms with Gasteiger partial charge in [-0.15, -0.1) is 0 Å². The summed E-state index contributed by atoms with van der Waals surface area (Å²) in [5.74, 6) is 4.59. The van der Waals surface area contributed by atoms with Gasteiger partial charge >= 0.3 is 0 Å². The molecule has 5 heteroatoms. The first kappa shape index (κ1) is 30.8. The second kappa shape index (κ2) is 12.4. The summed E-state index contributed by atoms with van der Waals surface area (Å²) in [5, 5.41) is 10.6. The van der Waals surface area contributed by atoms with Crippen LogP contribution < -0.4 is 0 Å². The molecule has 4 fully saturated rings. The summed E-state index contributed by atoms with van der Waals surface area (Å²) in [6.07, 6.45) is 10.2. The quantitative estimate of drug-likeness (QED) is 0.176. The van der Waals surface area contributed by atoms with E-state index in [0.29, 0.717) is 28.5 Å². The molecule has 0 spiro atoms. The molecule has 4 aliphatic rings. The van der Waals surface area contributed by atoms with Gasteiger partial charge in [0.05, 0.1) is 17.1 Å². The summed E-state index contributed by atoms with van der Waals surface area (Å²) in [7, 11) is 0. The van der Waals surface area contributed by atoms with Gasteiger partial charge in [-0.25, -0.2) is 15.0 Å². The van der Waals surface area contributed by atoms with Gasteiger partial charge in [0.15, 0.2) is 17.5 Å². The van der Waals surface area contributed by atoms with Crippen LogP contribution in [-0.4, -0.2) is 19.9 Å². The van der Waals surface area contributed by atoms with Crippen LogP contribution in [0, 0.1) is 29.1 Å². The Hall–Kier alpha value is -5.99. The van der Waals surface area contributed by atoms with Gasteiger partial charge in [-0.1, -0.05) is 97.1 Å². The van der Waals surface area contributed by atoms with Gasteiger partial charge < -0.3 is 0 Å². The minimum atomic E-state index is 0.336. The molecule has 5 aromatic carbocycles. The van der Waals surface area contributed by atoms with Crippen molar-refractivity contribution in [2.75, 3.05) is 0 Å². The summed E-state index contributed by atoms with van der Waals surface area (Å²) in [6, 6.07) is 46.3. The maximum Gasteiger partial charge on any atom is 0.164 e. The second-order valence-electron chi connectivity index (χ2n) is 15.3. The highest BCUT2D eigenvalue weighted by atomic mass is 15.0. The van der Waals surface area contributed by atoms with Gasteiger partial charge in [-0.2, -0.15) is 5.26 Å². The smallest absolute Gasteiger partial charge is 0.164 e. The minimum Gasteiger partial charge on any atom is -0.256 e. The van der Waals surface area contributed by atoms with Crippen LogP contribution in [0.25, 0.3) is 67.3 Å². The SMILES string of the molecule is N#Cc1ccc(-c2cc(-c3nc(-c4ccc(C56CC7CC(CC(C7)C5)C6)cc4)nc(-c4ccc5cccnc5c4)n3)ccc2-c2ccccc2)cc1. The van der Waals surface area contributed by atoms with Crippen molar-refractivity contribution in [3.8, 4) is 62.5 Å². The molecule has 52 heavy (non-hydrogen) atoms. The molecule has 0 aliphatic heterocycles. The molecule has 0 atom stereocenters. The number of benzene rings is 5. The zero-order valence-electron chi connectivity index (χ0n) is 28.9. The molecule has 0 amide bonds. The van der Waals surface area contributed by atoms with Gasteiger partial charge in [0.25, 0.3) is 0 Å². The zero-order chi connectivity index (χ0) is 34.6. The highest BCUT2D eigenvalue weighted by molar-refractivity contribution is 5.87. The Labute approximate surface area is 304 Å². The fourth-order valence-corrected chi connectivity index (χ4v) is 9.92. The number of nitriles is 1. The molecular formula is C47H37N5. The van der Waals surface area contributed by atoms with Crippen LogP contribution in [0.1, 0.15) is 49.7 Å². The second-order valence-corrected chi connectivity index (χ2v) is 15.3. The molecule has 0 saturated heterocycles. The Balaban J connectivity index is 1.10. The Kier molecular flexibility index (Phi) is 7.32. The molecule has 4 aliphatic carbocycles. The van der Waals surface area contributed by atoms with Crippen molar-refractivity contribution < 1.29 is 0 Å². The molecule has 0 N–H and O–H groups in total. The fourth-order valence-electron chi connectivity index (χ4n) is 9.92. The van der Waals surface area contributed by atoms with Gasteiger partial charge in [0.2, 0.25) is 0 Å². The molecule has 250 valence electrons. The van der Waals surface area contributed by atoms with Gasteiger partial charge in [-0.3, -0.25) is 4.98 Å². The lowest BCUT2D eigenvalue weighted by Crippen LogP contribution is -2.48. The number of pyridine rings is 1. The van der Waals surface area contributed by atoms with Crippen LogP contribution in [0.15, 0.2) is 134 Å². The van der Waals surface area contributed by atoms with E-state index < -0.39 is 0 Å². The third-order valence-corrected chi connectivity index (χ3v) is 12.0. The van der Waals surface area contributed by atoms with Crippen molar-refractivity contribution in [2.24, 2.45) is 17.8 Å². The van der Waals surface area contributed by atoms with Crippen LogP contribution in [0.5, 0.6) is 0 Å². The summed E-state index contributed by atoms with van der Waals surface area (Å²) >= 11 is 0. The Morgan fingerprint density at radius 1 is 0.519 bits per heavy atom. The van der Waals surface area contributed by atoms with Gasteiger partial charge in [0, 0.05) is 28.3 Å². The third kappa shape index (κ3) is 5.47. The van der Waals surface area contributed by atoms with Crippen molar-refractivity contribution in [3.63, 3.8) is 0 Å². The topological polar surface area (TPSA) is 75.3 Å². The average Bonchev–Trinajstić information content (AvgIpc) is 3.20. The normalized spacial score (nSPS) is 21.6. The van der Waals surface area contributed by atoms with Crippen LogP contribution in [0.4, 0.5) is 0 Å². The summed E-state index contributed by atoms with van der Waals surface area (Å²) in [4.78, 5) is 20.0. The Morgan fingerprint density at radius 3 is 1.77 bits per heavy atom. The summed E-state index contributed by atoms with van der Waals surface area (Å²) in [5.41, 5.74) is 10.4. The maximum atomic E-state index is 9.48. The lowest BCUT2D eigenvalue weighted by Gasteiger charge is -2.57. The van der Waals surface area contributed by atoms with Crippen LogP contribution >= 0.6 is 0 Å². The van der Waals surface area contributed by atoms with E-state index in [2.05, 4.69) is 102 Å². The molecule has 2 heterocycles. The molecule has 4 saturated carbocycles. The number of hydrogen-bond acceptors (Lipinski definition) is 5. The van der Waals surface area contributed by atoms with Gasteiger partial charge in [0.1, 0.15) is 0 Å². The number of rotatable bonds is 6. The van der Waals surface area contributed by atoms with Gasteiger partial charge in [-0.05, 0) is 120 Å². The predicted octanol–water partition coefficient (Wildman–Crippen LogP) is 11.1.